The molecule has 3 nitrogen and oxygen atoms in total. The van der Waals surface area contributed by atoms with Gasteiger partial charge in [-0.3, -0.25) is 10.3 Å². The molecule has 1 heterocycles. The van der Waals surface area contributed by atoms with Gasteiger partial charge in [-0.2, -0.15) is 5.26 Å². The Morgan fingerprint density at radius 1 is 1.50 bits per heavy atom. The SMILES string of the molecule is C=CCNC(C#N)c1ccc(Br)c2cccnc12. The van der Waals surface area contributed by atoms with Gasteiger partial charge < -0.3 is 0 Å². The van der Waals surface area contributed by atoms with Crippen molar-refractivity contribution in [1.29, 1.82) is 5.26 Å². The van der Waals surface area contributed by atoms with E-state index in [9.17, 15) is 5.26 Å². The molecule has 2 aromatic rings. The van der Waals surface area contributed by atoms with Crippen LogP contribution in [0.1, 0.15) is 11.6 Å². The van der Waals surface area contributed by atoms with Gasteiger partial charge in [-0.15, -0.1) is 6.58 Å². The molecule has 1 aromatic carbocycles. The van der Waals surface area contributed by atoms with E-state index in [2.05, 4.69) is 38.9 Å². The van der Waals surface area contributed by atoms with Crippen molar-refractivity contribution >= 4 is 26.8 Å². The molecule has 0 aliphatic heterocycles. The first kappa shape index (κ1) is 12.7. The number of aromatic nitrogens is 1. The predicted octanol–water partition coefficient (Wildman–Crippen LogP) is 3.34. The van der Waals surface area contributed by atoms with Crippen LogP contribution in [0.25, 0.3) is 10.9 Å². The fraction of sp³-hybridized carbons (Fsp3) is 0.143. The molecular weight excluding hydrogens is 290 g/mol. The number of fused-ring (bicyclic) bond motifs is 1. The molecule has 0 fully saturated rings. The highest BCUT2D eigenvalue weighted by Crippen LogP contribution is 2.28. The second kappa shape index (κ2) is 5.76. The molecule has 0 bridgehead atoms. The first-order valence-corrected chi connectivity index (χ1v) is 6.34. The number of halogens is 1. The standard InChI is InChI=1S/C14H12BrN3/c1-2-7-17-13(9-16)11-5-6-12(15)10-4-3-8-18-14(10)11/h2-6,8,13,17H,1,7H2. The Bertz CT molecular complexity index is 616. The second-order valence-corrected chi connectivity index (χ2v) is 4.65. The Kier molecular flexibility index (Phi) is 4.08. The Morgan fingerprint density at radius 2 is 2.33 bits per heavy atom. The van der Waals surface area contributed by atoms with Crippen LogP contribution in [0.2, 0.25) is 0 Å². The highest BCUT2D eigenvalue weighted by Gasteiger charge is 2.14. The summed E-state index contributed by atoms with van der Waals surface area (Å²) in [5, 5.41) is 13.4. The van der Waals surface area contributed by atoms with Gasteiger partial charge in [0.2, 0.25) is 0 Å². The van der Waals surface area contributed by atoms with Crippen molar-refractivity contribution in [3.05, 3.63) is 53.2 Å². The van der Waals surface area contributed by atoms with Crippen LogP contribution in [0.5, 0.6) is 0 Å². The summed E-state index contributed by atoms with van der Waals surface area (Å²) in [6.45, 7) is 4.23. The van der Waals surface area contributed by atoms with E-state index in [1.54, 1.807) is 12.3 Å². The zero-order chi connectivity index (χ0) is 13.0. The molecule has 1 N–H and O–H groups in total. The summed E-state index contributed by atoms with van der Waals surface area (Å²) in [5.41, 5.74) is 1.73. The van der Waals surface area contributed by atoms with E-state index in [1.807, 2.05) is 24.3 Å². The van der Waals surface area contributed by atoms with Crippen LogP contribution in [0, 0.1) is 11.3 Å². The average molecular weight is 302 g/mol. The summed E-state index contributed by atoms with van der Waals surface area (Å²) in [7, 11) is 0. The first-order valence-electron chi connectivity index (χ1n) is 5.55. The average Bonchev–Trinajstić information content (AvgIpc) is 2.42. The van der Waals surface area contributed by atoms with Crippen molar-refractivity contribution in [2.24, 2.45) is 0 Å². The number of nitrogens with one attached hydrogen (secondary N) is 1. The molecule has 0 aliphatic rings. The minimum absolute atomic E-state index is 0.381. The molecule has 0 amide bonds. The lowest BCUT2D eigenvalue weighted by Crippen LogP contribution is -2.20. The van der Waals surface area contributed by atoms with E-state index in [1.165, 1.54) is 0 Å². The third-order valence-corrected chi connectivity index (χ3v) is 3.35. The van der Waals surface area contributed by atoms with Gasteiger partial charge in [0.1, 0.15) is 6.04 Å². The van der Waals surface area contributed by atoms with Crippen molar-refractivity contribution < 1.29 is 0 Å². The van der Waals surface area contributed by atoms with Crippen LogP contribution in [-0.4, -0.2) is 11.5 Å². The van der Waals surface area contributed by atoms with Crippen molar-refractivity contribution in [1.82, 2.24) is 10.3 Å². The minimum Gasteiger partial charge on any atom is -0.295 e. The zero-order valence-corrected chi connectivity index (χ0v) is 11.3. The smallest absolute Gasteiger partial charge is 0.123 e. The van der Waals surface area contributed by atoms with Crippen LogP contribution in [0.15, 0.2) is 47.6 Å². The van der Waals surface area contributed by atoms with Crippen molar-refractivity contribution in [2.75, 3.05) is 6.54 Å². The van der Waals surface area contributed by atoms with Crippen molar-refractivity contribution in [2.45, 2.75) is 6.04 Å². The molecule has 0 radical (unpaired) electrons. The number of rotatable bonds is 4. The van der Waals surface area contributed by atoms with Gasteiger partial charge in [-0.1, -0.05) is 34.1 Å². The zero-order valence-electron chi connectivity index (χ0n) is 9.73. The van der Waals surface area contributed by atoms with Crippen LogP contribution in [0.3, 0.4) is 0 Å². The van der Waals surface area contributed by atoms with Gasteiger partial charge in [0.25, 0.3) is 0 Å². The first-order chi connectivity index (χ1) is 8.77. The number of nitrogens with zero attached hydrogens (tertiary/aromatic N) is 2. The summed E-state index contributed by atoms with van der Waals surface area (Å²) in [5.74, 6) is 0. The van der Waals surface area contributed by atoms with Crippen molar-refractivity contribution in [3.8, 4) is 6.07 Å². The van der Waals surface area contributed by atoms with Crippen LogP contribution in [0.4, 0.5) is 0 Å². The largest absolute Gasteiger partial charge is 0.295 e. The van der Waals surface area contributed by atoms with Gasteiger partial charge in [-0.25, -0.2) is 0 Å². The number of benzene rings is 1. The molecule has 4 heteroatoms. The third kappa shape index (κ3) is 2.42. The summed E-state index contributed by atoms with van der Waals surface area (Å²) < 4.78 is 0.981. The van der Waals surface area contributed by atoms with Gasteiger partial charge in [0.15, 0.2) is 0 Å². The molecule has 0 saturated carbocycles. The van der Waals surface area contributed by atoms with E-state index < -0.39 is 0 Å². The minimum atomic E-state index is -0.381. The second-order valence-electron chi connectivity index (χ2n) is 3.80. The molecule has 0 aliphatic carbocycles. The van der Waals surface area contributed by atoms with Crippen LogP contribution < -0.4 is 5.32 Å². The van der Waals surface area contributed by atoms with Gasteiger partial charge >= 0.3 is 0 Å². The lowest BCUT2D eigenvalue weighted by molar-refractivity contribution is 0.686. The highest BCUT2D eigenvalue weighted by molar-refractivity contribution is 9.10. The number of hydrogen-bond donors (Lipinski definition) is 1. The van der Waals surface area contributed by atoms with Gasteiger partial charge in [0, 0.05) is 28.2 Å². The summed E-state index contributed by atoms with van der Waals surface area (Å²) in [4.78, 5) is 4.37. The Hall–Kier alpha value is -1.70. The maximum atomic E-state index is 9.25. The Morgan fingerprint density at radius 3 is 3.06 bits per heavy atom. The maximum absolute atomic E-state index is 9.25. The van der Waals surface area contributed by atoms with Crippen molar-refractivity contribution in [3.63, 3.8) is 0 Å². The van der Waals surface area contributed by atoms with Crippen LogP contribution in [-0.2, 0) is 0 Å². The molecular formula is C14H12BrN3. The molecule has 0 spiro atoms. The van der Waals surface area contributed by atoms with E-state index in [0.717, 1.165) is 20.9 Å². The fourth-order valence-corrected chi connectivity index (χ4v) is 2.27. The quantitative estimate of drug-likeness (QED) is 0.881. The monoisotopic (exact) mass is 301 g/mol. The summed E-state index contributed by atoms with van der Waals surface area (Å²) in [6.07, 6.45) is 3.47. The maximum Gasteiger partial charge on any atom is 0.123 e. The van der Waals surface area contributed by atoms with E-state index in [-0.39, 0.29) is 6.04 Å². The number of pyridine rings is 1. The predicted molar refractivity (Wildman–Crippen MR) is 76.0 cm³/mol. The molecule has 1 unspecified atom stereocenters. The highest BCUT2D eigenvalue weighted by atomic mass is 79.9. The Labute approximate surface area is 114 Å². The molecule has 90 valence electrons. The van der Waals surface area contributed by atoms with E-state index in [0.29, 0.717) is 6.54 Å². The lowest BCUT2D eigenvalue weighted by atomic mass is 10.0. The molecule has 18 heavy (non-hydrogen) atoms. The summed E-state index contributed by atoms with van der Waals surface area (Å²) >= 11 is 3.50. The van der Waals surface area contributed by atoms with Gasteiger partial charge in [-0.05, 0) is 12.1 Å². The Balaban J connectivity index is 2.54. The molecule has 2 rings (SSSR count). The molecule has 0 saturated heterocycles. The molecule has 1 aromatic heterocycles. The van der Waals surface area contributed by atoms with E-state index in [4.69, 9.17) is 0 Å². The van der Waals surface area contributed by atoms with Crippen LogP contribution >= 0.6 is 15.9 Å². The summed E-state index contributed by atoms with van der Waals surface area (Å²) in [6, 6.07) is 9.60. The fourth-order valence-electron chi connectivity index (χ4n) is 1.82. The van der Waals surface area contributed by atoms with Gasteiger partial charge in [0.05, 0.1) is 11.6 Å². The normalized spacial score (nSPS) is 12.0. The number of hydrogen-bond acceptors (Lipinski definition) is 3. The molecule has 1 atom stereocenters. The number of nitriles is 1. The lowest BCUT2D eigenvalue weighted by Gasteiger charge is -2.13. The topological polar surface area (TPSA) is 48.7 Å². The van der Waals surface area contributed by atoms with E-state index >= 15 is 0 Å². The third-order valence-electron chi connectivity index (χ3n) is 2.65.